The Hall–Kier alpha value is -3.30. The highest BCUT2D eigenvalue weighted by Crippen LogP contribution is 2.41. The summed E-state index contributed by atoms with van der Waals surface area (Å²) in [7, 11) is 1.31. The zero-order valence-corrected chi connectivity index (χ0v) is 27.7. The predicted molar refractivity (Wildman–Crippen MR) is 172 cm³/mol. The van der Waals surface area contributed by atoms with E-state index in [9.17, 15) is 19.2 Å². The highest BCUT2D eigenvalue weighted by molar-refractivity contribution is 6.31. The normalized spacial score (nSPS) is 18.6. The van der Waals surface area contributed by atoms with E-state index in [0.717, 1.165) is 37.7 Å². The van der Waals surface area contributed by atoms with Gasteiger partial charge in [-0.05, 0) is 60.6 Å². The summed E-state index contributed by atoms with van der Waals surface area (Å²) in [5.74, 6) is -1.24. The quantitative estimate of drug-likeness (QED) is 0.239. The molecule has 2 aliphatic rings. The van der Waals surface area contributed by atoms with Crippen LogP contribution < -0.4 is 10.7 Å². The van der Waals surface area contributed by atoms with Gasteiger partial charge in [0.1, 0.15) is 12.1 Å². The third-order valence-corrected chi connectivity index (χ3v) is 9.46. The maximum Gasteiger partial charge on any atom is 0.408 e. The molecule has 0 aromatic heterocycles. The average molecular weight is 661 g/mol. The standard InChI is InChI=1S/C34H43Cl2N3O6/c1-34(2,25-12-8-14-27(36)21-25)30(24-11-7-13-26(35)20-24)45-33(43)37-28(19-22-9-5-4-6-10-22)31(41)38-39-18-17-23(32(39)42)15-16-29(40)44-3/h7-8,11-14,20-23,28,30H,4-6,9-10,15-19H2,1-3H3,(H,37,43)(H,38,41)/t23-,28-,30?/m0/s1. The molecule has 9 nitrogen and oxygen atoms in total. The molecule has 2 fully saturated rings. The Labute approximate surface area is 275 Å². The van der Waals surface area contributed by atoms with Crippen LogP contribution in [0.15, 0.2) is 48.5 Å². The fourth-order valence-electron chi connectivity index (χ4n) is 6.34. The number of esters is 1. The second-order valence-corrected chi connectivity index (χ2v) is 13.4. The summed E-state index contributed by atoms with van der Waals surface area (Å²) in [5.41, 5.74) is 3.56. The van der Waals surface area contributed by atoms with E-state index in [0.29, 0.717) is 41.4 Å². The van der Waals surface area contributed by atoms with E-state index in [4.69, 9.17) is 32.7 Å². The summed E-state index contributed by atoms with van der Waals surface area (Å²) in [4.78, 5) is 51.9. The van der Waals surface area contributed by atoms with E-state index in [1.165, 1.54) is 12.1 Å². The largest absolute Gasteiger partial charge is 0.469 e. The van der Waals surface area contributed by atoms with Crippen molar-refractivity contribution in [1.82, 2.24) is 15.8 Å². The van der Waals surface area contributed by atoms with Crippen LogP contribution in [0.5, 0.6) is 0 Å². The number of nitrogens with one attached hydrogen (secondary N) is 2. The van der Waals surface area contributed by atoms with Crippen molar-refractivity contribution in [3.05, 3.63) is 69.7 Å². The number of nitrogens with zero attached hydrogens (tertiary/aromatic N) is 1. The summed E-state index contributed by atoms with van der Waals surface area (Å²) >= 11 is 12.7. The van der Waals surface area contributed by atoms with Gasteiger partial charge in [-0.15, -0.1) is 0 Å². The Morgan fingerprint density at radius 1 is 1.00 bits per heavy atom. The van der Waals surface area contributed by atoms with Crippen molar-refractivity contribution in [1.29, 1.82) is 0 Å². The number of amides is 3. The van der Waals surface area contributed by atoms with E-state index in [1.54, 1.807) is 24.3 Å². The fraction of sp³-hybridized carbons (Fsp3) is 0.529. The van der Waals surface area contributed by atoms with Crippen LogP contribution in [0.1, 0.15) is 88.9 Å². The summed E-state index contributed by atoms with van der Waals surface area (Å²) in [6.45, 7) is 4.24. The van der Waals surface area contributed by atoms with Crippen LogP contribution in [0.25, 0.3) is 0 Å². The van der Waals surface area contributed by atoms with Gasteiger partial charge in [-0.3, -0.25) is 24.8 Å². The number of hydrazine groups is 1. The van der Waals surface area contributed by atoms with Gasteiger partial charge in [0.15, 0.2) is 0 Å². The van der Waals surface area contributed by atoms with Gasteiger partial charge < -0.3 is 14.8 Å². The highest BCUT2D eigenvalue weighted by Gasteiger charge is 2.38. The lowest BCUT2D eigenvalue weighted by molar-refractivity contribution is -0.143. The predicted octanol–water partition coefficient (Wildman–Crippen LogP) is 6.91. The van der Waals surface area contributed by atoms with Crippen molar-refractivity contribution in [3.8, 4) is 0 Å². The number of alkyl carbamates (subject to hydrolysis) is 1. The second kappa shape index (κ2) is 15.8. The van der Waals surface area contributed by atoms with Crippen LogP contribution in [-0.2, 0) is 29.3 Å². The minimum absolute atomic E-state index is 0.131. The molecule has 1 aliphatic heterocycles. The first kappa shape index (κ1) is 34.6. The number of benzene rings is 2. The number of hydrogen-bond donors (Lipinski definition) is 2. The topological polar surface area (TPSA) is 114 Å². The van der Waals surface area contributed by atoms with E-state index >= 15 is 0 Å². The molecule has 2 aromatic carbocycles. The van der Waals surface area contributed by atoms with E-state index in [1.807, 2.05) is 38.1 Å². The molecule has 2 aromatic rings. The fourth-order valence-corrected chi connectivity index (χ4v) is 6.73. The maximum absolute atomic E-state index is 13.6. The molecule has 1 aliphatic carbocycles. The smallest absolute Gasteiger partial charge is 0.408 e. The molecule has 3 amide bonds. The third kappa shape index (κ3) is 9.36. The molecule has 1 heterocycles. The van der Waals surface area contributed by atoms with Gasteiger partial charge in [-0.25, -0.2) is 4.79 Å². The lowest BCUT2D eigenvalue weighted by Gasteiger charge is -2.35. The Balaban J connectivity index is 1.51. The number of carbonyl (C=O) groups excluding carboxylic acids is 4. The van der Waals surface area contributed by atoms with Crippen molar-refractivity contribution >= 4 is 47.1 Å². The summed E-state index contributed by atoms with van der Waals surface area (Å²) in [6, 6.07) is 13.6. The Morgan fingerprint density at radius 2 is 1.69 bits per heavy atom. The van der Waals surface area contributed by atoms with Crippen molar-refractivity contribution in [2.75, 3.05) is 13.7 Å². The van der Waals surface area contributed by atoms with Gasteiger partial charge in [0.2, 0.25) is 5.91 Å². The number of halogens is 2. The summed E-state index contributed by atoms with van der Waals surface area (Å²) in [6.07, 6.45) is 5.11. The van der Waals surface area contributed by atoms with Crippen LogP contribution in [-0.4, -0.2) is 48.6 Å². The van der Waals surface area contributed by atoms with Crippen LogP contribution in [0.4, 0.5) is 4.79 Å². The van der Waals surface area contributed by atoms with Crippen molar-refractivity contribution in [3.63, 3.8) is 0 Å². The van der Waals surface area contributed by atoms with Crippen LogP contribution in [0.2, 0.25) is 10.0 Å². The number of carbonyl (C=O) groups is 4. The molecule has 4 rings (SSSR count). The van der Waals surface area contributed by atoms with Gasteiger partial charge in [0.05, 0.1) is 7.11 Å². The zero-order valence-electron chi connectivity index (χ0n) is 26.2. The number of rotatable bonds is 12. The summed E-state index contributed by atoms with van der Waals surface area (Å²) in [5, 5.41) is 5.18. The molecule has 0 spiro atoms. The number of methoxy groups -OCH3 is 1. The van der Waals surface area contributed by atoms with Crippen molar-refractivity contribution < 1.29 is 28.7 Å². The molecule has 3 atom stereocenters. The Morgan fingerprint density at radius 3 is 2.36 bits per heavy atom. The van der Waals surface area contributed by atoms with E-state index < -0.39 is 29.6 Å². The van der Waals surface area contributed by atoms with Gasteiger partial charge >= 0.3 is 12.1 Å². The molecule has 45 heavy (non-hydrogen) atoms. The molecule has 0 radical (unpaired) electrons. The molecule has 1 saturated carbocycles. The Kier molecular flexibility index (Phi) is 12.1. The molecule has 0 bridgehead atoms. The molecular weight excluding hydrogens is 617 g/mol. The van der Waals surface area contributed by atoms with Gasteiger partial charge in [-0.2, -0.15) is 0 Å². The van der Waals surface area contributed by atoms with Gasteiger partial charge in [0, 0.05) is 34.3 Å². The van der Waals surface area contributed by atoms with Crippen LogP contribution in [0, 0.1) is 11.8 Å². The molecular formula is C34H43Cl2N3O6. The maximum atomic E-state index is 13.6. The minimum atomic E-state index is -0.920. The third-order valence-electron chi connectivity index (χ3n) is 8.99. The van der Waals surface area contributed by atoms with E-state index in [2.05, 4.69) is 10.7 Å². The molecule has 244 valence electrons. The molecule has 1 saturated heterocycles. The SMILES string of the molecule is COC(=O)CC[C@H]1CCN(NC(=O)[C@H](CC2CCCCC2)NC(=O)OC(c2cccc(Cl)c2)C(C)(C)c2cccc(Cl)c2)C1=O. The first-order valence-corrected chi connectivity index (χ1v) is 16.4. The number of ether oxygens (including phenoxy) is 2. The molecule has 11 heteroatoms. The van der Waals surface area contributed by atoms with Crippen LogP contribution >= 0.6 is 23.2 Å². The highest BCUT2D eigenvalue weighted by atomic mass is 35.5. The number of hydrogen-bond acceptors (Lipinski definition) is 6. The van der Waals surface area contributed by atoms with Crippen molar-refractivity contribution in [2.24, 2.45) is 11.8 Å². The molecule has 2 N–H and O–H groups in total. The average Bonchev–Trinajstić information content (AvgIpc) is 3.36. The minimum Gasteiger partial charge on any atom is -0.469 e. The van der Waals surface area contributed by atoms with Gasteiger partial charge in [-0.1, -0.05) is 93.4 Å². The monoisotopic (exact) mass is 659 g/mol. The summed E-state index contributed by atoms with van der Waals surface area (Å²) < 4.78 is 10.8. The second-order valence-electron chi connectivity index (χ2n) is 12.6. The zero-order chi connectivity index (χ0) is 32.6. The lowest BCUT2D eigenvalue weighted by Crippen LogP contribution is -2.54. The lowest BCUT2D eigenvalue weighted by atomic mass is 9.76. The first-order chi connectivity index (χ1) is 21.5. The van der Waals surface area contributed by atoms with Crippen LogP contribution in [0.3, 0.4) is 0 Å². The first-order valence-electron chi connectivity index (χ1n) is 15.6. The van der Waals surface area contributed by atoms with E-state index in [-0.39, 0.29) is 30.1 Å². The molecule has 1 unspecified atom stereocenters. The Bertz CT molecular complexity index is 1360. The van der Waals surface area contributed by atoms with Crippen molar-refractivity contribution in [2.45, 2.75) is 89.2 Å². The van der Waals surface area contributed by atoms with Gasteiger partial charge in [0.25, 0.3) is 5.91 Å².